The Hall–Kier alpha value is -1.59. The van der Waals surface area contributed by atoms with E-state index in [0.717, 1.165) is 13.0 Å². The van der Waals surface area contributed by atoms with Gasteiger partial charge in [0.15, 0.2) is 0 Å². The van der Waals surface area contributed by atoms with E-state index in [1.54, 1.807) is 7.11 Å². The molecule has 5 nitrogen and oxygen atoms in total. The van der Waals surface area contributed by atoms with Crippen molar-refractivity contribution >= 4 is 11.6 Å². The molecular weight excluding hydrogens is 266 g/mol. The van der Waals surface area contributed by atoms with E-state index in [0.29, 0.717) is 24.5 Å². The molecule has 0 bridgehead atoms. The number of rotatable bonds is 8. The highest BCUT2D eigenvalue weighted by molar-refractivity contribution is 5.93. The molecule has 118 valence electrons. The zero-order valence-electron chi connectivity index (χ0n) is 13.5. The van der Waals surface area contributed by atoms with Crippen molar-refractivity contribution in [3.63, 3.8) is 0 Å². The number of carbonyl (C=O) groups is 1. The number of amides is 1. The minimum atomic E-state index is -0.200. The first kappa shape index (κ1) is 17.5. The zero-order chi connectivity index (χ0) is 15.9. The van der Waals surface area contributed by atoms with Crippen LogP contribution in [0.1, 0.15) is 27.2 Å². The Balaban J connectivity index is 2.74. The summed E-state index contributed by atoms with van der Waals surface area (Å²) in [5, 5.41) is 2.90. The number of benzene rings is 1. The van der Waals surface area contributed by atoms with Crippen LogP contribution >= 0.6 is 0 Å². The summed E-state index contributed by atoms with van der Waals surface area (Å²) in [6.45, 7) is 7.87. The Kier molecular flexibility index (Phi) is 6.65. The molecule has 1 amide bonds. The molecule has 0 saturated heterocycles. The molecule has 3 N–H and O–H groups in total. The van der Waals surface area contributed by atoms with E-state index < -0.39 is 0 Å². The molecule has 5 heteroatoms. The third-order valence-corrected chi connectivity index (χ3v) is 3.56. The third-order valence-electron chi connectivity index (χ3n) is 3.56. The van der Waals surface area contributed by atoms with E-state index >= 15 is 0 Å². The van der Waals surface area contributed by atoms with E-state index in [2.05, 4.69) is 31.0 Å². The topological polar surface area (TPSA) is 67.6 Å². The molecule has 0 radical (unpaired) electrons. The highest BCUT2D eigenvalue weighted by atomic mass is 16.5. The summed E-state index contributed by atoms with van der Waals surface area (Å²) in [5.74, 6) is 0.598. The predicted octanol–water partition coefficient (Wildman–Crippen LogP) is 2.08. The van der Waals surface area contributed by atoms with Crippen molar-refractivity contribution in [2.45, 2.75) is 32.7 Å². The van der Waals surface area contributed by atoms with Gasteiger partial charge in [0.05, 0.1) is 19.3 Å². The molecule has 0 atom stereocenters. The minimum absolute atomic E-state index is 0.0607. The van der Waals surface area contributed by atoms with Crippen molar-refractivity contribution in [2.75, 3.05) is 32.1 Å². The number of para-hydroxylation sites is 2. The lowest BCUT2D eigenvalue weighted by Gasteiger charge is -2.37. The SMILES string of the molecule is CCCN(CC(=O)Nc1ccccc1OC)C(C)(C)CN. The summed E-state index contributed by atoms with van der Waals surface area (Å²) in [6.07, 6.45) is 0.978. The van der Waals surface area contributed by atoms with Crippen molar-refractivity contribution in [3.05, 3.63) is 24.3 Å². The van der Waals surface area contributed by atoms with E-state index in [1.807, 2.05) is 24.3 Å². The fraction of sp³-hybridized carbons (Fsp3) is 0.562. The number of carbonyl (C=O) groups excluding carboxylic acids is 1. The van der Waals surface area contributed by atoms with E-state index in [-0.39, 0.29) is 11.4 Å². The molecular formula is C16H27N3O2. The third kappa shape index (κ3) is 5.02. The average molecular weight is 293 g/mol. The molecule has 1 aromatic carbocycles. The lowest BCUT2D eigenvalue weighted by Crippen LogP contribution is -2.52. The first-order chi connectivity index (χ1) is 9.94. The van der Waals surface area contributed by atoms with Gasteiger partial charge in [-0.2, -0.15) is 0 Å². The lowest BCUT2D eigenvalue weighted by atomic mass is 10.0. The summed E-state index contributed by atoms with van der Waals surface area (Å²) >= 11 is 0. The van der Waals surface area contributed by atoms with Gasteiger partial charge in [0.1, 0.15) is 5.75 Å². The molecule has 0 heterocycles. The Morgan fingerprint density at radius 3 is 2.62 bits per heavy atom. The van der Waals surface area contributed by atoms with Gasteiger partial charge in [-0.05, 0) is 38.9 Å². The normalized spacial score (nSPS) is 11.5. The van der Waals surface area contributed by atoms with Crippen LogP contribution in [0.4, 0.5) is 5.69 Å². The minimum Gasteiger partial charge on any atom is -0.495 e. The maximum Gasteiger partial charge on any atom is 0.238 e. The summed E-state index contributed by atoms with van der Waals surface area (Å²) in [4.78, 5) is 14.4. The Morgan fingerprint density at radius 2 is 2.05 bits per heavy atom. The first-order valence-electron chi connectivity index (χ1n) is 7.32. The van der Waals surface area contributed by atoms with Gasteiger partial charge < -0.3 is 15.8 Å². The first-order valence-corrected chi connectivity index (χ1v) is 7.32. The van der Waals surface area contributed by atoms with E-state index in [1.165, 1.54) is 0 Å². The van der Waals surface area contributed by atoms with Crippen LogP contribution in [-0.2, 0) is 4.79 Å². The number of nitrogens with zero attached hydrogens (tertiary/aromatic N) is 1. The van der Waals surface area contributed by atoms with Crippen LogP contribution in [0.25, 0.3) is 0 Å². The van der Waals surface area contributed by atoms with Gasteiger partial charge in [-0.3, -0.25) is 9.69 Å². The number of hydrogen-bond acceptors (Lipinski definition) is 4. The summed E-state index contributed by atoms with van der Waals surface area (Å²) in [7, 11) is 1.59. The molecule has 1 rings (SSSR count). The molecule has 0 aromatic heterocycles. The average Bonchev–Trinajstić information content (AvgIpc) is 2.47. The van der Waals surface area contributed by atoms with E-state index in [4.69, 9.17) is 10.5 Å². The van der Waals surface area contributed by atoms with Gasteiger partial charge in [0.25, 0.3) is 0 Å². The second-order valence-electron chi connectivity index (χ2n) is 5.69. The standard InChI is InChI=1S/C16H27N3O2/c1-5-10-19(16(2,3)12-17)11-15(20)18-13-8-6-7-9-14(13)21-4/h6-9H,5,10-12,17H2,1-4H3,(H,18,20). The van der Waals surface area contributed by atoms with Crippen molar-refractivity contribution in [1.29, 1.82) is 0 Å². The molecule has 0 aliphatic carbocycles. The molecule has 0 saturated carbocycles. The number of anilines is 1. The molecule has 0 unspecified atom stereocenters. The monoisotopic (exact) mass is 293 g/mol. The Morgan fingerprint density at radius 1 is 1.38 bits per heavy atom. The maximum absolute atomic E-state index is 12.3. The number of nitrogens with two attached hydrogens (primary N) is 1. The second-order valence-corrected chi connectivity index (χ2v) is 5.69. The van der Waals surface area contributed by atoms with Crippen LogP contribution in [0.5, 0.6) is 5.75 Å². The van der Waals surface area contributed by atoms with Gasteiger partial charge in [-0.15, -0.1) is 0 Å². The van der Waals surface area contributed by atoms with Crippen LogP contribution in [0.15, 0.2) is 24.3 Å². The predicted molar refractivity (Wildman–Crippen MR) is 86.6 cm³/mol. The smallest absolute Gasteiger partial charge is 0.238 e. The van der Waals surface area contributed by atoms with Gasteiger partial charge in [0.2, 0.25) is 5.91 Å². The molecule has 0 aliphatic heterocycles. The number of methoxy groups -OCH3 is 1. The number of nitrogens with one attached hydrogen (secondary N) is 1. The largest absolute Gasteiger partial charge is 0.495 e. The maximum atomic E-state index is 12.3. The Labute approximate surface area is 127 Å². The Bertz CT molecular complexity index is 461. The van der Waals surface area contributed by atoms with Crippen LogP contribution < -0.4 is 15.8 Å². The van der Waals surface area contributed by atoms with Crippen LogP contribution in [0.2, 0.25) is 0 Å². The van der Waals surface area contributed by atoms with Gasteiger partial charge in [-0.25, -0.2) is 0 Å². The second kappa shape index (κ2) is 8.00. The summed E-state index contributed by atoms with van der Waals surface area (Å²) in [5.41, 5.74) is 6.30. The van der Waals surface area contributed by atoms with E-state index in [9.17, 15) is 4.79 Å². The number of ether oxygens (including phenoxy) is 1. The molecule has 0 spiro atoms. The van der Waals surface area contributed by atoms with Crippen molar-refractivity contribution in [2.24, 2.45) is 5.73 Å². The van der Waals surface area contributed by atoms with Gasteiger partial charge >= 0.3 is 0 Å². The highest BCUT2D eigenvalue weighted by Crippen LogP contribution is 2.23. The molecule has 0 aliphatic rings. The van der Waals surface area contributed by atoms with Crippen LogP contribution in [0.3, 0.4) is 0 Å². The lowest BCUT2D eigenvalue weighted by molar-refractivity contribution is -0.118. The van der Waals surface area contributed by atoms with Crippen LogP contribution in [0, 0.1) is 0 Å². The summed E-state index contributed by atoms with van der Waals surface area (Å²) in [6, 6.07) is 7.39. The number of hydrogen-bond donors (Lipinski definition) is 2. The molecule has 0 fully saturated rings. The van der Waals surface area contributed by atoms with Crippen molar-refractivity contribution in [3.8, 4) is 5.75 Å². The quantitative estimate of drug-likeness (QED) is 0.770. The van der Waals surface area contributed by atoms with Gasteiger partial charge in [0, 0.05) is 12.1 Å². The zero-order valence-corrected chi connectivity index (χ0v) is 13.5. The molecule has 1 aromatic rings. The van der Waals surface area contributed by atoms with Crippen LogP contribution in [-0.4, -0.2) is 43.1 Å². The molecule has 21 heavy (non-hydrogen) atoms. The fourth-order valence-electron chi connectivity index (χ4n) is 2.11. The summed E-state index contributed by atoms with van der Waals surface area (Å²) < 4.78 is 5.24. The van der Waals surface area contributed by atoms with Crippen molar-refractivity contribution < 1.29 is 9.53 Å². The fourth-order valence-corrected chi connectivity index (χ4v) is 2.11. The van der Waals surface area contributed by atoms with Crippen molar-refractivity contribution in [1.82, 2.24) is 4.90 Å². The highest BCUT2D eigenvalue weighted by Gasteiger charge is 2.26. The van der Waals surface area contributed by atoms with Gasteiger partial charge in [-0.1, -0.05) is 19.1 Å².